The number of carbonyl (C=O) groups excluding carboxylic acids is 1. The molecule has 3 N–H and O–H groups in total. The highest BCUT2D eigenvalue weighted by atomic mass is 16.5. The van der Waals surface area contributed by atoms with Gasteiger partial charge in [-0.05, 0) is 24.3 Å². The van der Waals surface area contributed by atoms with Gasteiger partial charge in [0, 0.05) is 12.4 Å². The minimum atomic E-state index is -0.372. The average Bonchev–Trinajstić information content (AvgIpc) is 2.54. The fourth-order valence-corrected chi connectivity index (χ4v) is 1.55. The van der Waals surface area contributed by atoms with Gasteiger partial charge in [0.05, 0.1) is 24.9 Å². The Morgan fingerprint density at radius 3 is 2.76 bits per heavy atom. The van der Waals surface area contributed by atoms with Crippen LogP contribution in [0.1, 0.15) is 11.3 Å². The van der Waals surface area contributed by atoms with Crippen LogP contribution in [0.15, 0.2) is 42.7 Å². The molecule has 2 amide bonds. The number of amides is 2. The summed E-state index contributed by atoms with van der Waals surface area (Å²) in [4.78, 5) is 19.8. The molecule has 0 aliphatic heterocycles. The molecule has 0 aliphatic rings. The number of urea groups is 1. The van der Waals surface area contributed by atoms with Crippen LogP contribution in [0, 0.1) is 5.41 Å². The Morgan fingerprint density at radius 1 is 1.29 bits per heavy atom. The molecule has 0 unspecified atom stereocenters. The maximum absolute atomic E-state index is 11.7. The summed E-state index contributed by atoms with van der Waals surface area (Å²) in [5.41, 5.74) is 1.31. The van der Waals surface area contributed by atoms with Crippen molar-refractivity contribution in [2.24, 2.45) is 0 Å². The number of rotatable bonds is 4. The van der Waals surface area contributed by atoms with Crippen molar-refractivity contribution in [2.75, 3.05) is 12.4 Å². The fourth-order valence-electron chi connectivity index (χ4n) is 1.55. The highest BCUT2D eigenvalue weighted by Crippen LogP contribution is 2.06. The number of nitrogens with zero attached hydrogens (tertiary/aromatic N) is 2. The van der Waals surface area contributed by atoms with Gasteiger partial charge in [0.1, 0.15) is 5.82 Å². The topological polar surface area (TPSA) is 100.0 Å². The minimum absolute atomic E-state index is 0.0219. The van der Waals surface area contributed by atoms with Gasteiger partial charge in [-0.2, -0.15) is 0 Å². The number of methoxy groups -OCH3 is 1. The third-order valence-corrected chi connectivity index (χ3v) is 2.63. The summed E-state index contributed by atoms with van der Waals surface area (Å²) in [5.74, 6) is 0.412. The highest BCUT2D eigenvalue weighted by molar-refractivity contribution is 5.92. The lowest BCUT2D eigenvalue weighted by molar-refractivity contribution is 0.251. The first-order valence-corrected chi connectivity index (χ1v) is 6.23. The largest absolute Gasteiger partial charge is 0.481 e. The molecular formula is C14H15N5O2. The van der Waals surface area contributed by atoms with E-state index in [1.165, 1.54) is 13.3 Å². The fraction of sp³-hybridized carbons (Fsp3) is 0.143. The maximum atomic E-state index is 11.7. The van der Waals surface area contributed by atoms with Gasteiger partial charge >= 0.3 is 6.03 Å². The third kappa shape index (κ3) is 4.27. The van der Waals surface area contributed by atoms with E-state index in [9.17, 15) is 4.79 Å². The van der Waals surface area contributed by atoms with Gasteiger partial charge in [-0.3, -0.25) is 15.7 Å². The van der Waals surface area contributed by atoms with Crippen molar-refractivity contribution in [1.82, 2.24) is 15.3 Å². The van der Waals surface area contributed by atoms with Crippen molar-refractivity contribution in [3.8, 4) is 0 Å². The predicted octanol–water partition coefficient (Wildman–Crippen LogP) is 1.77. The van der Waals surface area contributed by atoms with Crippen molar-refractivity contribution >= 4 is 17.7 Å². The molecule has 21 heavy (non-hydrogen) atoms. The number of carbonyl (C=O) groups is 1. The summed E-state index contributed by atoms with van der Waals surface area (Å²) in [6, 6.07) is 8.36. The van der Waals surface area contributed by atoms with Crippen molar-refractivity contribution in [3.05, 3.63) is 54.0 Å². The molecule has 0 aliphatic carbocycles. The number of nitrogens with one attached hydrogen (secondary N) is 3. The number of hydrogen-bond acceptors (Lipinski definition) is 5. The zero-order valence-electron chi connectivity index (χ0n) is 11.5. The van der Waals surface area contributed by atoms with E-state index in [0.29, 0.717) is 17.9 Å². The smallest absolute Gasteiger partial charge is 0.320 e. The molecule has 0 saturated heterocycles. The quantitative estimate of drug-likeness (QED) is 0.588. The molecule has 0 aromatic carbocycles. The van der Waals surface area contributed by atoms with Crippen LogP contribution in [0.2, 0.25) is 0 Å². The predicted molar refractivity (Wildman–Crippen MR) is 78.2 cm³/mol. The van der Waals surface area contributed by atoms with Crippen LogP contribution in [0.25, 0.3) is 0 Å². The first-order chi connectivity index (χ1) is 10.2. The van der Waals surface area contributed by atoms with Crippen molar-refractivity contribution in [1.29, 1.82) is 5.41 Å². The first kappa shape index (κ1) is 14.4. The van der Waals surface area contributed by atoms with E-state index < -0.39 is 0 Å². The molecular weight excluding hydrogens is 270 g/mol. The standard InChI is InChI=1S/C14H15N5O2/c1-21-13(15)10-5-6-12(17-8-10)19-14(20)18-9-11-4-2-3-7-16-11/h2-8,15H,9H2,1H3,(H2,17,18,19,20). The van der Waals surface area contributed by atoms with Gasteiger partial charge in [0.2, 0.25) is 5.90 Å². The second kappa shape index (κ2) is 6.99. The second-order valence-corrected chi connectivity index (χ2v) is 4.09. The molecule has 0 spiro atoms. The van der Waals surface area contributed by atoms with Crippen LogP contribution in [-0.2, 0) is 11.3 Å². The van der Waals surface area contributed by atoms with E-state index in [2.05, 4.69) is 20.6 Å². The lowest BCUT2D eigenvalue weighted by atomic mass is 10.3. The van der Waals surface area contributed by atoms with Crippen LogP contribution in [0.3, 0.4) is 0 Å². The van der Waals surface area contributed by atoms with Gasteiger partial charge in [-0.1, -0.05) is 6.07 Å². The first-order valence-electron chi connectivity index (χ1n) is 6.23. The lowest BCUT2D eigenvalue weighted by Gasteiger charge is -2.07. The summed E-state index contributed by atoms with van der Waals surface area (Å²) in [7, 11) is 1.42. The molecule has 7 heteroatoms. The van der Waals surface area contributed by atoms with Crippen LogP contribution in [0.5, 0.6) is 0 Å². The van der Waals surface area contributed by atoms with Gasteiger partial charge in [0.15, 0.2) is 0 Å². The number of hydrogen-bond donors (Lipinski definition) is 3. The van der Waals surface area contributed by atoms with Gasteiger partial charge in [-0.25, -0.2) is 9.78 Å². The monoisotopic (exact) mass is 285 g/mol. The zero-order chi connectivity index (χ0) is 15.1. The highest BCUT2D eigenvalue weighted by Gasteiger charge is 2.05. The number of ether oxygens (including phenoxy) is 1. The number of aromatic nitrogens is 2. The van der Waals surface area contributed by atoms with Crippen molar-refractivity contribution in [3.63, 3.8) is 0 Å². The molecule has 108 valence electrons. The Hall–Kier alpha value is -2.96. The molecule has 0 radical (unpaired) electrons. The third-order valence-electron chi connectivity index (χ3n) is 2.63. The van der Waals surface area contributed by atoms with Crippen LogP contribution in [-0.4, -0.2) is 29.0 Å². The Kier molecular flexibility index (Phi) is 4.81. The summed E-state index contributed by atoms with van der Waals surface area (Å²) >= 11 is 0. The molecule has 0 bridgehead atoms. The molecule has 7 nitrogen and oxygen atoms in total. The summed E-state index contributed by atoms with van der Waals surface area (Å²) < 4.78 is 4.78. The van der Waals surface area contributed by atoms with Crippen LogP contribution < -0.4 is 10.6 Å². The average molecular weight is 285 g/mol. The number of anilines is 1. The van der Waals surface area contributed by atoms with E-state index in [4.69, 9.17) is 10.1 Å². The van der Waals surface area contributed by atoms with Crippen LogP contribution >= 0.6 is 0 Å². The maximum Gasteiger partial charge on any atom is 0.320 e. The molecule has 0 atom stereocenters. The van der Waals surface area contributed by atoms with Crippen molar-refractivity contribution in [2.45, 2.75) is 6.54 Å². The van der Waals surface area contributed by atoms with Gasteiger partial charge in [0.25, 0.3) is 0 Å². The van der Waals surface area contributed by atoms with E-state index >= 15 is 0 Å². The Balaban J connectivity index is 1.86. The zero-order valence-corrected chi connectivity index (χ0v) is 11.5. The Bertz CT molecular complexity index is 613. The minimum Gasteiger partial charge on any atom is -0.481 e. The lowest BCUT2D eigenvalue weighted by Crippen LogP contribution is -2.28. The molecule has 2 rings (SSSR count). The Labute approximate surface area is 121 Å². The van der Waals surface area contributed by atoms with E-state index in [-0.39, 0.29) is 11.9 Å². The number of pyridine rings is 2. The summed E-state index contributed by atoms with van der Waals surface area (Å²) in [5, 5.41) is 12.8. The van der Waals surface area contributed by atoms with E-state index in [1.54, 1.807) is 18.3 Å². The molecule has 2 aromatic heterocycles. The second-order valence-electron chi connectivity index (χ2n) is 4.09. The van der Waals surface area contributed by atoms with E-state index in [1.807, 2.05) is 18.2 Å². The molecule has 2 heterocycles. The van der Waals surface area contributed by atoms with Crippen molar-refractivity contribution < 1.29 is 9.53 Å². The SMILES string of the molecule is COC(=N)c1ccc(NC(=O)NCc2ccccn2)nc1. The molecule has 0 fully saturated rings. The van der Waals surface area contributed by atoms with Crippen LogP contribution in [0.4, 0.5) is 10.6 Å². The summed E-state index contributed by atoms with van der Waals surface area (Å²) in [6.07, 6.45) is 3.13. The summed E-state index contributed by atoms with van der Waals surface area (Å²) in [6.45, 7) is 0.332. The van der Waals surface area contributed by atoms with Gasteiger partial charge in [-0.15, -0.1) is 0 Å². The normalized spacial score (nSPS) is 9.76. The van der Waals surface area contributed by atoms with E-state index in [0.717, 1.165) is 5.69 Å². The molecule has 0 saturated carbocycles. The van der Waals surface area contributed by atoms with Gasteiger partial charge < -0.3 is 10.1 Å². The molecule has 2 aromatic rings. The Morgan fingerprint density at radius 2 is 2.14 bits per heavy atom.